The summed E-state index contributed by atoms with van der Waals surface area (Å²) < 4.78 is 34.3. The summed E-state index contributed by atoms with van der Waals surface area (Å²) in [5, 5.41) is 11.0. The number of carbonyl (C=O) groups is 1. The number of non-ortho nitro benzene ring substituents is 1. The molecule has 1 aliphatic heterocycles. The Kier molecular flexibility index (Phi) is 6.52. The highest BCUT2D eigenvalue weighted by atomic mass is 32.2. The lowest BCUT2D eigenvalue weighted by Gasteiger charge is -2.37. The Morgan fingerprint density at radius 2 is 1.69 bits per heavy atom. The van der Waals surface area contributed by atoms with Gasteiger partial charge in [0.2, 0.25) is 10.0 Å². The van der Waals surface area contributed by atoms with E-state index in [1.165, 1.54) is 16.4 Å². The summed E-state index contributed by atoms with van der Waals surface area (Å²) in [6.45, 7) is 7.53. The number of nitro benzene ring substituents is 1. The van der Waals surface area contributed by atoms with E-state index < -0.39 is 38.4 Å². The molecule has 0 saturated heterocycles. The number of carbonyl (C=O) groups excluding carboxylic acids is 1. The second-order valence-electron chi connectivity index (χ2n) is 8.55. The van der Waals surface area contributed by atoms with Crippen LogP contribution in [0.5, 0.6) is 0 Å². The quantitative estimate of drug-likeness (QED) is 0.364. The van der Waals surface area contributed by atoms with E-state index in [1.807, 2.05) is 26.8 Å². The number of hydrogen-bond acceptors (Lipinski definition) is 6. The van der Waals surface area contributed by atoms with E-state index in [4.69, 9.17) is 4.74 Å². The summed E-state index contributed by atoms with van der Waals surface area (Å²) in [5.74, 6) is -0.572. The van der Waals surface area contributed by atoms with Crippen molar-refractivity contribution in [1.82, 2.24) is 4.31 Å². The molecule has 8 nitrogen and oxygen atoms in total. The minimum atomic E-state index is -4.14. The zero-order chi connectivity index (χ0) is 23.7. The van der Waals surface area contributed by atoms with Gasteiger partial charge in [-0.2, -0.15) is 4.31 Å². The number of hydrogen-bond donors (Lipinski definition) is 0. The van der Waals surface area contributed by atoms with Gasteiger partial charge in [0.25, 0.3) is 5.69 Å². The maximum atomic E-state index is 13.9. The van der Waals surface area contributed by atoms with Crippen LogP contribution in [-0.2, 0) is 19.6 Å². The highest BCUT2D eigenvalue weighted by Crippen LogP contribution is 2.46. The van der Waals surface area contributed by atoms with Gasteiger partial charge < -0.3 is 4.74 Å². The topological polar surface area (TPSA) is 107 Å². The Morgan fingerprint density at radius 3 is 2.19 bits per heavy atom. The number of ether oxygens (including phenoxy) is 1. The second-order valence-corrected chi connectivity index (χ2v) is 10.4. The third-order valence-corrected chi connectivity index (χ3v) is 7.16. The van der Waals surface area contributed by atoms with Crippen LogP contribution in [0.1, 0.15) is 39.3 Å². The number of rotatable bonds is 6. The average Bonchev–Trinajstić information content (AvgIpc) is 3.17. The normalized spacial score (nSPS) is 19.4. The van der Waals surface area contributed by atoms with Crippen LogP contribution in [0.3, 0.4) is 0 Å². The predicted octanol–water partition coefficient (Wildman–Crippen LogP) is 4.24. The van der Waals surface area contributed by atoms with Crippen LogP contribution in [0.4, 0.5) is 5.69 Å². The minimum absolute atomic E-state index is 0.0863. The van der Waals surface area contributed by atoms with E-state index in [1.54, 1.807) is 37.3 Å². The van der Waals surface area contributed by atoms with Crippen molar-refractivity contribution in [2.75, 3.05) is 6.61 Å². The van der Waals surface area contributed by atoms with E-state index in [0.717, 1.165) is 12.1 Å². The summed E-state index contributed by atoms with van der Waals surface area (Å²) in [7, 11) is -4.14. The molecule has 0 bridgehead atoms. The van der Waals surface area contributed by atoms with Gasteiger partial charge in [-0.3, -0.25) is 10.1 Å². The van der Waals surface area contributed by atoms with Gasteiger partial charge in [0, 0.05) is 18.2 Å². The van der Waals surface area contributed by atoms with Gasteiger partial charge in [0.05, 0.1) is 28.0 Å². The smallest absolute Gasteiger partial charge is 0.335 e. The van der Waals surface area contributed by atoms with Gasteiger partial charge in [-0.1, -0.05) is 57.2 Å². The second kappa shape index (κ2) is 8.84. The molecule has 9 heteroatoms. The molecule has 0 amide bonds. The minimum Gasteiger partial charge on any atom is -0.463 e. The molecule has 0 N–H and O–H groups in total. The summed E-state index contributed by atoms with van der Waals surface area (Å²) in [4.78, 5) is 23.2. The van der Waals surface area contributed by atoms with Crippen molar-refractivity contribution in [2.24, 2.45) is 5.41 Å². The molecule has 1 aliphatic rings. The SMILES string of the molecule is CCOC(=O)C1=C[C@@H](C(C)(C)C)N(S(=O)(=O)c2ccc([N+](=O)[O-])cc2)[C@H]1c1ccccc1. The first kappa shape index (κ1) is 23.6. The number of nitro groups is 1. The van der Waals surface area contributed by atoms with Crippen LogP contribution < -0.4 is 0 Å². The number of sulfonamides is 1. The highest BCUT2D eigenvalue weighted by Gasteiger charge is 2.49. The van der Waals surface area contributed by atoms with Crippen molar-refractivity contribution in [3.05, 3.63) is 81.9 Å². The Balaban J connectivity index is 2.20. The van der Waals surface area contributed by atoms with E-state index in [9.17, 15) is 23.3 Å². The first-order chi connectivity index (χ1) is 15.0. The van der Waals surface area contributed by atoms with E-state index >= 15 is 0 Å². The Hall–Kier alpha value is -3.04. The fourth-order valence-electron chi connectivity index (χ4n) is 3.77. The Morgan fingerprint density at radius 1 is 1.09 bits per heavy atom. The van der Waals surface area contributed by atoms with Crippen molar-refractivity contribution in [1.29, 1.82) is 0 Å². The fraction of sp³-hybridized carbons (Fsp3) is 0.348. The molecule has 1 heterocycles. The van der Waals surface area contributed by atoms with Gasteiger partial charge in [0.15, 0.2) is 0 Å². The first-order valence-electron chi connectivity index (χ1n) is 10.2. The molecule has 0 aromatic heterocycles. The van der Waals surface area contributed by atoms with Crippen molar-refractivity contribution < 1.29 is 22.9 Å². The van der Waals surface area contributed by atoms with Gasteiger partial charge in [-0.25, -0.2) is 13.2 Å². The van der Waals surface area contributed by atoms with Crippen LogP contribution in [0.25, 0.3) is 0 Å². The summed E-state index contributed by atoms with van der Waals surface area (Å²) >= 11 is 0. The molecular formula is C23H26N2O6S. The maximum Gasteiger partial charge on any atom is 0.335 e. The van der Waals surface area contributed by atoms with Crippen LogP contribution in [0.15, 0.2) is 71.1 Å². The summed E-state index contributed by atoms with van der Waals surface area (Å²) in [6, 6.07) is 12.1. The lowest BCUT2D eigenvalue weighted by atomic mass is 9.87. The lowest BCUT2D eigenvalue weighted by Crippen LogP contribution is -2.45. The molecule has 0 saturated carbocycles. The van der Waals surface area contributed by atoms with Crippen LogP contribution in [0.2, 0.25) is 0 Å². The molecular weight excluding hydrogens is 432 g/mol. The monoisotopic (exact) mass is 458 g/mol. The standard InChI is InChI=1S/C23H26N2O6S/c1-5-31-22(26)19-15-20(23(2,3)4)24(21(19)16-9-7-6-8-10-16)32(29,30)18-13-11-17(12-14-18)25(27)28/h6-15,20-21H,5H2,1-4H3/t20-,21-/m0/s1. The van der Waals surface area contributed by atoms with E-state index in [-0.39, 0.29) is 22.8 Å². The molecule has 32 heavy (non-hydrogen) atoms. The molecule has 2 aromatic carbocycles. The summed E-state index contributed by atoms with van der Waals surface area (Å²) in [6.07, 6.45) is 1.67. The molecule has 0 aliphatic carbocycles. The molecule has 0 fully saturated rings. The summed E-state index contributed by atoms with van der Waals surface area (Å²) in [5.41, 5.74) is 0.130. The average molecular weight is 459 g/mol. The number of benzene rings is 2. The van der Waals surface area contributed by atoms with Gasteiger partial charge >= 0.3 is 5.97 Å². The predicted molar refractivity (Wildman–Crippen MR) is 119 cm³/mol. The van der Waals surface area contributed by atoms with Crippen LogP contribution >= 0.6 is 0 Å². The Bertz CT molecular complexity index is 1140. The van der Waals surface area contributed by atoms with Gasteiger partial charge in [-0.15, -0.1) is 0 Å². The van der Waals surface area contributed by atoms with Crippen LogP contribution in [0, 0.1) is 15.5 Å². The number of esters is 1. The molecule has 2 aromatic rings. The number of nitrogens with zero attached hydrogens (tertiary/aromatic N) is 2. The van der Waals surface area contributed by atoms with Gasteiger partial charge in [-0.05, 0) is 30.0 Å². The third kappa shape index (κ3) is 4.44. The van der Waals surface area contributed by atoms with Crippen molar-refractivity contribution in [3.8, 4) is 0 Å². The zero-order valence-electron chi connectivity index (χ0n) is 18.4. The molecule has 3 rings (SSSR count). The third-order valence-electron chi connectivity index (χ3n) is 5.30. The zero-order valence-corrected chi connectivity index (χ0v) is 19.2. The molecule has 0 spiro atoms. The van der Waals surface area contributed by atoms with Crippen molar-refractivity contribution in [2.45, 2.75) is 44.7 Å². The molecule has 2 atom stereocenters. The first-order valence-corrected chi connectivity index (χ1v) is 11.6. The highest BCUT2D eigenvalue weighted by molar-refractivity contribution is 7.89. The molecule has 0 unspecified atom stereocenters. The Labute approximate surface area is 187 Å². The van der Waals surface area contributed by atoms with Crippen LogP contribution in [-0.4, -0.2) is 36.3 Å². The fourth-order valence-corrected chi connectivity index (χ4v) is 5.68. The van der Waals surface area contributed by atoms with Gasteiger partial charge in [0.1, 0.15) is 0 Å². The largest absolute Gasteiger partial charge is 0.463 e. The van der Waals surface area contributed by atoms with E-state index in [2.05, 4.69) is 0 Å². The molecule has 0 radical (unpaired) electrons. The maximum absolute atomic E-state index is 13.9. The van der Waals surface area contributed by atoms with Crippen molar-refractivity contribution in [3.63, 3.8) is 0 Å². The van der Waals surface area contributed by atoms with Crippen molar-refractivity contribution >= 4 is 21.7 Å². The lowest BCUT2D eigenvalue weighted by molar-refractivity contribution is -0.384. The molecule has 170 valence electrons. The van der Waals surface area contributed by atoms with E-state index in [0.29, 0.717) is 5.56 Å².